The molecule has 4 heteroatoms. The molecule has 0 aromatic heterocycles. The minimum atomic E-state index is 0.0462. The van der Waals surface area contributed by atoms with E-state index < -0.39 is 0 Å². The number of rotatable bonds is 2. The molecule has 0 bridgehead atoms. The van der Waals surface area contributed by atoms with Crippen LogP contribution >= 0.6 is 11.8 Å². The Balaban J connectivity index is 2.21. The van der Waals surface area contributed by atoms with Crippen molar-refractivity contribution >= 4 is 23.4 Å². The van der Waals surface area contributed by atoms with E-state index in [-0.39, 0.29) is 5.91 Å². The van der Waals surface area contributed by atoms with Crippen molar-refractivity contribution in [3.8, 4) is 6.07 Å². The standard InChI is InChI=1S/C11H10N2OS/c12-5-1-2-8-3-4-10-9(6-8)13-11(14)7-15-10/h3-4,6H,1-2,7H2,(H,13,14). The number of hydrogen-bond donors (Lipinski definition) is 1. The molecule has 1 aromatic carbocycles. The van der Waals surface area contributed by atoms with Crippen molar-refractivity contribution in [3.05, 3.63) is 23.8 Å². The lowest BCUT2D eigenvalue weighted by atomic mass is 10.1. The van der Waals surface area contributed by atoms with Crippen LogP contribution in [0, 0.1) is 11.3 Å². The van der Waals surface area contributed by atoms with Gasteiger partial charge < -0.3 is 5.32 Å². The van der Waals surface area contributed by atoms with Gasteiger partial charge in [0.15, 0.2) is 0 Å². The van der Waals surface area contributed by atoms with Crippen molar-refractivity contribution in [1.82, 2.24) is 0 Å². The minimum Gasteiger partial charge on any atom is -0.324 e. The number of nitrogens with zero attached hydrogens (tertiary/aromatic N) is 1. The number of hydrogen-bond acceptors (Lipinski definition) is 3. The molecule has 15 heavy (non-hydrogen) atoms. The van der Waals surface area contributed by atoms with E-state index >= 15 is 0 Å². The van der Waals surface area contributed by atoms with Crippen molar-refractivity contribution in [2.24, 2.45) is 0 Å². The normalized spacial score (nSPS) is 13.9. The number of benzene rings is 1. The Morgan fingerprint density at radius 1 is 1.53 bits per heavy atom. The van der Waals surface area contributed by atoms with Crippen LogP contribution in [0.4, 0.5) is 5.69 Å². The lowest BCUT2D eigenvalue weighted by Gasteiger charge is -2.16. The Hall–Kier alpha value is -1.47. The van der Waals surface area contributed by atoms with Gasteiger partial charge in [-0.25, -0.2) is 0 Å². The van der Waals surface area contributed by atoms with Gasteiger partial charge in [-0.2, -0.15) is 5.26 Å². The summed E-state index contributed by atoms with van der Waals surface area (Å²) in [6.07, 6.45) is 1.25. The molecule has 1 aliphatic heterocycles. The number of aryl methyl sites for hydroxylation is 1. The Kier molecular flexibility index (Phi) is 2.93. The van der Waals surface area contributed by atoms with E-state index in [4.69, 9.17) is 5.26 Å². The van der Waals surface area contributed by atoms with Crippen molar-refractivity contribution in [2.45, 2.75) is 17.7 Å². The number of nitriles is 1. The van der Waals surface area contributed by atoms with Gasteiger partial charge in [0.2, 0.25) is 5.91 Å². The van der Waals surface area contributed by atoms with E-state index in [1.54, 1.807) is 11.8 Å². The second-order valence-electron chi connectivity index (χ2n) is 3.33. The summed E-state index contributed by atoms with van der Waals surface area (Å²) < 4.78 is 0. The number of fused-ring (bicyclic) bond motifs is 1. The van der Waals surface area contributed by atoms with Crippen molar-refractivity contribution in [1.29, 1.82) is 5.26 Å². The molecule has 76 valence electrons. The summed E-state index contributed by atoms with van der Waals surface area (Å²) in [5.74, 6) is 0.537. The molecular weight excluding hydrogens is 208 g/mol. The molecule has 1 aromatic rings. The predicted octanol–water partition coefficient (Wildman–Crippen LogP) is 2.19. The molecule has 0 spiro atoms. The lowest BCUT2D eigenvalue weighted by molar-refractivity contribution is -0.113. The number of anilines is 1. The molecule has 0 fully saturated rings. The highest BCUT2D eigenvalue weighted by molar-refractivity contribution is 8.00. The third kappa shape index (κ3) is 2.31. The maximum absolute atomic E-state index is 11.2. The van der Waals surface area contributed by atoms with E-state index in [0.717, 1.165) is 22.6 Å². The lowest BCUT2D eigenvalue weighted by Crippen LogP contribution is -2.18. The molecule has 2 rings (SSSR count). The summed E-state index contributed by atoms with van der Waals surface area (Å²) >= 11 is 1.55. The SMILES string of the molecule is N#CCCc1ccc2c(c1)NC(=O)CS2. The first-order chi connectivity index (χ1) is 7.29. The van der Waals surface area contributed by atoms with Gasteiger partial charge in [0.1, 0.15) is 0 Å². The molecule has 1 amide bonds. The molecule has 1 aliphatic rings. The molecular formula is C11H10N2OS. The van der Waals surface area contributed by atoms with E-state index in [9.17, 15) is 4.79 Å². The van der Waals surface area contributed by atoms with E-state index in [0.29, 0.717) is 12.2 Å². The molecule has 0 atom stereocenters. The summed E-state index contributed by atoms with van der Waals surface area (Å²) in [7, 11) is 0. The smallest absolute Gasteiger partial charge is 0.234 e. The molecule has 0 saturated carbocycles. The first-order valence-corrected chi connectivity index (χ1v) is 5.70. The van der Waals surface area contributed by atoms with E-state index in [2.05, 4.69) is 11.4 Å². The van der Waals surface area contributed by atoms with Gasteiger partial charge in [-0.15, -0.1) is 11.8 Å². The summed E-state index contributed by atoms with van der Waals surface area (Å²) in [5, 5.41) is 11.3. The van der Waals surface area contributed by atoms with Crippen LogP contribution in [0.1, 0.15) is 12.0 Å². The summed E-state index contributed by atoms with van der Waals surface area (Å²) in [6.45, 7) is 0. The fraction of sp³-hybridized carbons (Fsp3) is 0.273. The Labute approximate surface area is 92.5 Å². The molecule has 1 N–H and O–H groups in total. The maximum Gasteiger partial charge on any atom is 0.234 e. The van der Waals surface area contributed by atoms with Crippen LogP contribution in [-0.4, -0.2) is 11.7 Å². The fourth-order valence-electron chi connectivity index (χ4n) is 1.49. The molecule has 0 saturated heterocycles. The van der Waals surface area contributed by atoms with Crippen molar-refractivity contribution in [2.75, 3.05) is 11.1 Å². The van der Waals surface area contributed by atoms with Gasteiger partial charge in [0.25, 0.3) is 0 Å². The molecule has 0 aliphatic carbocycles. The number of nitrogens with one attached hydrogen (secondary N) is 1. The van der Waals surface area contributed by atoms with Crippen LogP contribution in [-0.2, 0) is 11.2 Å². The third-order valence-electron chi connectivity index (χ3n) is 2.20. The van der Waals surface area contributed by atoms with Crippen molar-refractivity contribution < 1.29 is 4.79 Å². The van der Waals surface area contributed by atoms with E-state index in [1.807, 2.05) is 18.2 Å². The van der Waals surface area contributed by atoms with Crippen LogP contribution < -0.4 is 5.32 Å². The summed E-state index contributed by atoms with van der Waals surface area (Å²) in [4.78, 5) is 12.3. The van der Waals surface area contributed by atoms with Gasteiger partial charge >= 0.3 is 0 Å². The number of thioether (sulfide) groups is 1. The van der Waals surface area contributed by atoms with Gasteiger partial charge in [0.05, 0.1) is 17.5 Å². The molecule has 1 heterocycles. The maximum atomic E-state index is 11.2. The number of amides is 1. The zero-order valence-electron chi connectivity index (χ0n) is 8.12. The quantitative estimate of drug-likeness (QED) is 0.827. The Bertz CT molecular complexity index is 437. The van der Waals surface area contributed by atoms with Crippen LogP contribution in [0.3, 0.4) is 0 Å². The monoisotopic (exact) mass is 218 g/mol. The minimum absolute atomic E-state index is 0.0462. The van der Waals surface area contributed by atoms with Gasteiger partial charge in [-0.05, 0) is 24.1 Å². The highest BCUT2D eigenvalue weighted by Gasteiger charge is 2.14. The van der Waals surface area contributed by atoms with Crippen LogP contribution in [0.2, 0.25) is 0 Å². The fourth-order valence-corrected chi connectivity index (χ4v) is 2.27. The first-order valence-electron chi connectivity index (χ1n) is 4.72. The number of carbonyl (C=O) groups is 1. The van der Waals surface area contributed by atoms with Crippen LogP contribution in [0.15, 0.2) is 23.1 Å². The highest BCUT2D eigenvalue weighted by atomic mass is 32.2. The third-order valence-corrected chi connectivity index (χ3v) is 3.28. The zero-order chi connectivity index (χ0) is 10.7. The topological polar surface area (TPSA) is 52.9 Å². The zero-order valence-corrected chi connectivity index (χ0v) is 8.93. The van der Waals surface area contributed by atoms with Crippen LogP contribution in [0.5, 0.6) is 0 Å². The van der Waals surface area contributed by atoms with Gasteiger partial charge in [-0.1, -0.05) is 6.07 Å². The molecule has 3 nitrogen and oxygen atoms in total. The largest absolute Gasteiger partial charge is 0.324 e. The van der Waals surface area contributed by atoms with Gasteiger partial charge in [-0.3, -0.25) is 4.79 Å². The predicted molar refractivity (Wildman–Crippen MR) is 59.7 cm³/mol. The van der Waals surface area contributed by atoms with Crippen molar-refractivity contribution in [3.63, 3.8) is 0 Å². The second-order valence-corrected chi connectivity index (χ2v) is 4.34. The summed E-state index contributed by atoms with van der Waals surface area (Å²) in [5.41, 5.74) is 1.98. The van der Waals surface area contributed by atoms with Gasteiger partial charge in [0, 0.05) is 11.3 Å². The second kappa shape index (κ2) is 4.37. The summed E-state index contributed by atoms with van der Waals surface area (Å²) in [6, 6.07) is 8.09. The Morgan fingerprint density at radius 2 is 2.40 bits per heavy atom. The van der Waals surface area contributed by atoms with E-state index in [1.165, 1.54) is 0 Å². The average molecular weight is 218 g/mol. The Morgan fingerprint density at radius 3 is 3.20 bits per heavy atom. The highest BCUT2D eigenvalue weighted by Crippen LogP contribution is 2.32. The average Bonchev–Trinajstić information content (AvgIpc) is 2.25. The number of carbonyl (C=O) groups excluding carboxylic acids is 1. The first kappa shape index (κ1) is 10.1. The molecule has 0 radical (unpaired) electrons. The molecule has 0 unspecified atom stereocenters. The van der Waals surface area contributed by atoms with Crippen LogP contribution in [0.25, 0.3) is 0 Å².